The molecule has 7 heteroatoms. The summed E-state index contributed by atoms with van der Waals surface area (Å²) in [5.41, 5.74) is 3.09. The molecule has 4 nitrogen and oxygen atoms in total. The molecule has 0 unspecified atom stereocenters. The van der Waals surface area contributed by atoms with Crippen LogP contribution < -0.4 is 16.6 Å². The number of nitrogens with two attached hydrogens (primary N) is 1. The molecule has 1 fully saturated rings. The SMILES string of the molecule is NNC(=NC1CC1)Nc1c(Cl)cc(Br)cc1Cl. The van der Waals surface area contributed by atoms with E-state index in [9.17, 15) is 0 Å². The van der Waals surface area contributed by atoms with Gasteiger partial charge in [-0.2, -0.15) is 0 Å². The summed E-state index contributed by atoms with van der Waals surface area (Å²) in [6.07, 6.45) is 2.18. The Morgan fingerprint density at radius 3 is 2.41 bits per heavy atom. The lowest BCUT2D eigenvalue weighted by Crippen LogP contribution is -2.36. The number of hydrogen-bond donors (Lipinski definition) is 3. The third-order valence-electron chi connectivity index (χ3n) is 2.25. The van der Waals surface area contributed by atoms with Gasteiger partial charge >= 0.3 is 0 Å². The van der Waals surface area contributed by atoms with Crippen LogP contribution in [-0.2, 0) is 0 Å². The molecule has 0 bridgehead atoms. The number of rotatable bonds is 2. The quantitative estimate of drug-likeness (QED) is 0.336. The predicted octanol–water partition coefficient (Wildman–Crippen LogP) is 3.15. The van der Waals surface area contributed by atoms with Gasteiger partial charge in [-0.1, -0.05) is 39.1 Å². The lowest BCUT2D eigenvalue weighted by Gasteiger charge is -2.12. The van der Waals surface area contributed by atoms with E-state index in [1.165, 1.54) is 0 Å². The summed E-state index contributed by atoms with van der Waals surface area (Å²) >= 11 is 15.5. The highest BCUT2D eigenvalue weighted by atomic mass is 79.9. The molecule has 0 spiro atoms. The van der Waals surface area contributed by atoms with Gasteiger partial charge in [0.25, 0.3) is 0 Å². The van der Waals surface area contributed by atoms with E-state index in [2.05, 4.69) is 31.7 Å². The fourth-order valence-electron chi connectivity index (χ4n) is 1.27. The monoisotopic (exact) mass is 336 g/mol. The Kier molecular flexibility index (Phi) is 4.14. The van der Waals surface area contributed by atoms with E-state index >= 15 is 0 Å². The number of hydrazine groups is 1. The van der Waals surface area contributed by atoms with E-state index in [-0.39, 0.29) is 0 Å². The fraction of sp³-hybridized carbons (Fsp3) is 0.300. The van der Waals surface area contributed by atoms with Gasteiger partial charge < -0.3 is 5.32 Å². The normalized spacial score (nSPS) is 15.9. The van der Waals surface area contributed by atoms with Crippen LogP contribution in [-0.4, -0.2) is 12.0 Å². The van der Waals surface area contributed by atoms with E-state index in [4.69, 9.17) is 29.0 Å². The Morgan fingerprint density at radius 2 is 1.94 bits per heavy atom. The molecule has 0 saturated heterocycles. The zero-order chi connectivity index (χ0) is 12.4. The molecular formula is C10H11BrCl2N4. The van der Waals surface area contributed by atoms with Crippen molar-refractivity contribution in [3.8, 4) is 0 Å². The molecule has 0 heterocycles. The topological polar surface area (TPSA) is 62.4 Å². The Bertz CT molecular complexity index is 437. The van der Waals surface area contributed by atoms with Gasteiger partial charge in [-0.05, 0) is 25.0 Å². The maximum absolute atomic E-state index is 6.09. The van der Waals surface area contributed by atoms with Gasteiger partial charge in [-0.15, -0.1) is 0 Å². The Hall–Kier alpha value is -0.490. The lowest BCUT2D eigenvalue weighted by atomic mass is 10.3. The molecule has 0 aliphatic heterocycles. The first-order chi connectivity index (χ1) is 8.10. The third kappa shape index (κ3) is 3.48. The average molecular weight is 338 g/mol. The van der Waals surface area contributed by atoms with Crippen LogP contribution in [0.3, 0.4) is 0 Å². The first kappa shape index (κ1) is 13.0. The smallest absolute Gasteiger partial charge is 0.210 e. The average Bonchev–Trinajstić information content (AvgIpc) is 3.05. The van der Waals surface area contributed by atoms with Gasteiger partial charge in [0, 0.05) is 4.47 Å². The minimum atomic E-state index is 0.349. The summed E-state index contributed by atoms with van der Waals surface area (Å²) < 4.78 is 0.819. The van der Waals surface area contributed by atoms with Gasteiger partial charge in [-0.25, -0.2) is 10.8 Å². The Labute approximate surface area is 118 Å². The maximum Gasteiger partial charge on any atom is 0.210 e. The van der Waals surface area contributed by atoms with Crippen molar-refractivity contribution in [1.82, 2.24) is 5.43 Å². The van der Waals surface area contributed by atoms with Gasteiger partial charge in [0.05, 0.1) is 21.8 Å². The highest BCUT2D eigenvalue weighted by molar-refractivity contribution is 9.10. The molecule has 1 saturated carbocycles. The van der Waals surface area contributed by atoms with Crippen molar-refractivity contribution in [2.75, 3.05) is 5.32 Å². The molecule has 1 aliphatic rings. The summed E-state index contributed by atoms with van der Waals surface area (Å²) in [7, 11) is 0. The van der Waals surface area contributed by atoms with Crippen molar-refractivity contribution in [3.05, 3.63) is 26.7 Å². The Morgan fingerprint density at radius 1 is 1.35 bits per heavy atom. The molecular weight excluding hydrogens is 327 g/mol. The molecule has 1 aliphatic carbocycles. The summed E-state index contributed by atoms with van der Waals surface area (Å²) in [6, 6.07) is 3.85. The fourth-order valence-corrected chi connectivity index (χ4v) is 2.57. The zero-order valence-electron chi connectivity index (χ0n) is 8.80. The summed E-state index contributed by atoms with van der Waals surface area (Å²) in [6.45, 7) is 0. The number of nitrogens with zero attached hydrogens (tertiary/aromatic N) is 1. The van der Waals surface area contributed by atoms with E-state index in [0.29, 0.717) is 27.7 Å². The number of hydrogen-bond acceptors (Lipinski definition) is 2. The summed E-state index contributed by atoms with van der Waals surface area (Å²) in [5.74, 6) is 5.86. The minimum absolute atomic E-state index is 0.349. The zero-order valence-corrected chi connectivity index (χ0v) is 11.9. The first-order valence-corrected chi connectivity index (χ1v) is 6.61. The van der Waals surface area contributed by atoms with Crippen LogP contribution in [0.4, 0.5) is 5.69 Å². The number of nitrogens with one attached hydrogen (secondary N) is 2. The van der Waals surface area contributed by atoms with Gasteiger partial charge in [0.15, 0.2) is 0 Å². The summed E-state index contributed by atoms with van der Waals surface area (Å²) in [5, 5.41) is 4.00. The van der Waals surface area contributed by atoms with Crippen LogP contribution in [0.1, 0.15) is 12.8 Å². The molecule has 17 heavy (non-hydrogen) atoms. The van der Waals surface area contributed by atoms with Gasteiger partial charge in [-0.3, -0.25) is 5.43 Å². The van der Waals surface area contributed by atoms with Gasteiger partial charge in [0.2, 0.25) is 5.96 Å². The van der Waals surface area contributed by atoms with E-state index in [1.807, 2.05) is 0 Å². The summed E-state index contributed by atoms with van der Waals surface area (Å²) in [4.78, 5) is 4.35. The second kappa shape index (κ2) is 5.44. The Balaban J connectivity index is 2.22. The van der Waals surface area contributed by atoms with Crippen molar-refractivity contribution >= 4 is 50.8 Å². The predicted molar refractivity (Wildman–Crippen MR) is 75.6 cm³/mol. The molecule has 2 rings (SSSR count). The molecule has 1 aromatic rings. The highest BCUT2D eigenvalue weighted by Crippen LogP contribution is 2.34. The molecule has 0 atom stereocenters. The van der Waals surface area contributed by atoms with Crippen molar-refractivity contribution in [3.63, 3.8) is 0 Å². The second-order valence-electron chi connectivity index (χ2n) is 3.72. The molecule has 0 amide bonds. The van der Waals surface area contributed by atoms with Crippen LogP contribution in [0.2, 0.25) is 10.0 Å². The number of anilines is 1. The second-order valence-corrected chi connectivity index (χ2v) is 5.45. The lowest BCUT2D eigenvalue weighted by molar-refractivity contribution is 0.966. The van der Waals surface area contributed by atoms with Crippen molar-refractivity contribution in [2.45, 2.75) is 18.9 Å². The first-order valence-electron chi connectivity index (χ1n) is 5.06. The highest BCUT2D eigenvalue weighted by Gasteiger charge is 2.21. The molecule has 4 N–H and O–H groups in total. The van der Waals surface area contributed by atoms with Crippen molar-refractivity contribution < 1.29 is 0 Å². The van der Waals surface area contributed by atoms with Crippen LogP contribution in [0, 0.1) is 0 Å². The van der Waals surface area contributed by atoms with E-state index in [1.54, 1.807) is 12.1 Å². The largest absolute Gasteiger partial charge is 0.323 e. The number of benzene rings is 1. The maximum atomic E-state index is 6.09. The minimum Gasteiger partial charge on any atom is -0.323 e. The standard InChI is InChI=1S/C10H11BrCl2N4/c11-5-3-7(12)9(8(13)4-5)16-10(17-14)15-6-1-2-6/h3-4,6H,1-2,14H2,(H2,15,16,17). The van der Waals surface area contributed by atoms with Gasteiger partial charge in [0.1, 0.15) is 0 Å². The van der Waals surface area contributed by atoms with Crippen LogP contribution in [0.25, 0.3) is 0 Å². The number of guanidine groups is 1. The van der Waals surface area contributed by atoms with Crippen molar-refractivity contribution in [1.29, 1.82) is 0 Å². The molecule has 0 radical (unpaired) electrons. The molecule has 92 valence electrons. The number of halogens is 3. The number of aliphatic imine (C=N–C) groups is 1. The van der Waals surface area contributed by atoms with Crippen LogP contribution >= 0.6 is 39.1 Å². The van der Waals surface area contributed by atoms with E-state index in [0.717, 1.165) is 17.3 Å². The molecule has 1 aromatic carbocycles. The third-order valence-corrected chi connectivity index (χ3v) is 3.30. The van der Waals surface area contributed by atoms with Crippen LogP contribution in [0.5, 0.6) is 0 Å². The van der Waals surface area contributed by atoms with Crippen molar-refractivity contribution in [2.24, 2.45) is 10.8 Å². The van der Waals surface area contributed by atoms with E-state index < -0.39 is 0 Å². The van der Waals surface area contributed by atoms with Crippen LogP contribution in [0.15, 0.2) is 21.6 Å². The molecule has 0 aromatic heterocycles.